The molecule has 0 aromatic rings. The number of piperidine rings is 1. The maximum atomic E-state index is 10.1. The van der Waals surface area contributed by atoms with E-state index in [4.69, 9.17) is 5.11 Å². The number of nitrogens with one attached hydrogen (secondary N) is 1. The molecule has 3 heteroatoms. The molecule has 58 valence electrons. The summed E-state index contributed by atoms with van der Waals surface area (Å²) in [6, 6.07) is 0.906. The van der Waals surface area contributed by atoms with Crippen LogP contribution in [0.1, 0.15) is 12.8 Å². The smallest absolute Gasteiger partial charge is 0.136 e. The van der Waals surface area contributed by atoms with E-state index in [-0.39, 0.29) is 6.04 Å². The number of fused-ring (bicyclic) bond motifs is 1. The Morgan fingerprint density at radius 3 is 2.50 bits per heavy atom. The number of hydrogen-bond acceptors (Lipinski definition) is 3. The minimum atomic E-state index is 0.193. The summed E-state index contributed by atoms with van der Waals surface area (Å²) >= 11 is 0. The van der Waals surface area contributed by atoms with Crippen LogP contribution in [-0.4, -0.2) is 30.6 Å². The van der Waals surface area contributed by atoms with Crippen LogP contribution in [0.25, 0.3) is 0 Å². The fraction of sp³-hybridized carbons (Fsp3) is 0.857. The Bertz CT molecular complexity index is 117. The molecule has 1 saturated heterocycles. The quantitative estimate of drug-likeness (QED) is 0.488. The summed E-state index contributed by atoms with van der Waals surface area (Å²) < 4.78 is 0. The van der Waals surface area contributed by atoms with Crippen molar-refractivity contribution < 1.29 is 9.90 Å². The molecule has 10 heavy (non-hydrogen) atoms. The predicted octanol–water partition coefficient (Wildman–Crippen LogP) is -0.456. The van der Waals surface area contributed by atoms with E-state index in [1.807, 2.05) is 0 Å². The van der Waals surface area contributed by atoms with Gasteiger partial charge >= 0.3 is 0 Å². The maximum absolute atomic E-state index is 10.1. The van der Waals surface area contributed by atoms with E-state index in [2.05, 4.69) is 5.32 Å². The van der Waals surface area contributed by atoms with Gasteiger partial charge in [-0.25, -0.2) is 0 Å². The van der Waals surface area contributed by atoms with E-state index in [0.29, 0.717) is 6.04 Å². The highest BCUT2D eigenvalue weighted by Gasteiger charge is 2.45. The van der Waals surface area contributed by atoms with Crippen molar-refractivity contribution in [1.82, 2.24) is 5.32 Å². The summed E-state index contributed by atoms with van der Waals surface area (Å²) in [4.78, 5) is 10.1. The lowest BCUT2D eigenvalue weighted by Crippen LogP contribution is -2.26. The number of hydrogen-bond donors (Lipinski definition) is 2. The average Bonchev–Trinajstić information content (AvgIpc) is 2.63. The van der Waals surface area contributed by atoms with Crippen molar-refractivity contribution in [2.75, 3.05) is 7.11 Å². The Labute approximate surface area is 60.4 Å². The summed E-state index contributed by atoms with van der Waals surface area (Å²) in [5.41, 5.74) is 0. The largest absolute Gasteiger partial charge is 0.400 e. The van der Waals surface area contributed by atoms with Gasteiger partial charge in [0.1, 0.15) is 6.29 Å². The highest BCUT2D eigenvalue weighted by Crippen LogP contribution is 2.39. The molecular weight excluding hydrogens is 130 g/mol. The van der Waals surface area contributed by atoms with Crippen LogP contribution < -0.4 is 5.32 Å². The second-order valence-corrected chi connectivity index (χ2v) is 2.75. The van der Waals surface area contributed by atoms with Crippen LogP contribution in [0.4, 0.5) is 0 Å². The highest BCUT2D eigenvalue weighted by molar-refractivity contribution is 5.59. The van der Waals surface area contributed by atoms with Crippen LogP contribution >= 0.6 is 0 Å². The molecule has 2 N–H and O–H groups in total. The summed E-state index contributed by atoms with van der Waals surface area (Å²) in [5, 5.41) is 10.2. The van der Waals surface area contributed by atoms with E-state index in [1.54, 1.807) is 0 Å². The van der Waals surface area contributed by atoms with Crippen molar-refractivity contribution in [2.45, 2.75) is 24.9 Å². The first-order valence-electron chi connectivity index (χ1n) is 3.56. The van der Waals surface area contributed by atoms with Crippen molar-refractivity contribution in [2.24, 2.45) is 5.92 Å². The first-order valence-corrected chi connectivity index (χ1v) is 3.56. The van der Waals surface area contributed by atoms with Gasteiger partial charge in [-0.3, -0.25) is 0 Å². The van der Waals surface area contributed by atoms with Gasteiger partial charge in [0.15, 0.2) is 0 Å². The molecule has 0 radical (unpaired) electrons. The molecule has 3 atom stereocenters. The molecule has 0 aromatic heterocycles. The zero-order valence-electron chi connectivity index (χ0n) is 6.08. The molecule has 1 saturated carbocycles. The molecule has 2 fully saturated rings. The molecule has 3 nitrogen and oxygen atoms in total. The second-order valence-electron chi connectivity index (χ2n) is 2.75. The lowest BCUT2D eigenvalue weighted by molar-refractivity contribution is -0.109. The van der Waals surface area contributed by atoms with Crippen molar-refractivity contribution in [1.29, 1.82) is 0 Å². The summed E-state index contributed by atoms with van der Waals surface area (Å²) in [5.74, 6) is 0.852. The van der Waals surface area contributed by atoms with E-state index in [1.165, 1.54) is 6.42 Å². The Morgan fingerprint density at radius 2 is 2.20 bits per heavy atom. The number of aliphatic hydroxyl groups is 1. The number of aliphatic hydroxyl groups excluding tert-OH is 1. The fourth-order valence-corrected chi connectivity index (χ4v) is 1.48. The van der Waals surface area contributed by atoms with E-state index in [0.717, 1.165) is 25.7 Å². The zero-order chi connectivity index (χ0) is 7.56. The van der Waals surface area contributed by atoms with Gasteiger partial charge in [-0.1, -0.05) is 0 Å². The molecule has 0 aromatic carbocycles. The Hall–Kier alpha value is -0.410. The van der Waals surface area contributed by atoms with Gasteiger partial charge in [-0.05, 0) is 18.8 Å². The Balaban J connectivity index is 0.000000231. The molecule has 1 aliphatic heterocycles. The van der Waals surface area contributed by atoms with E-state index in [9.17, 15) is 4.79 Å². The third-order valence-corrected chi connectivity index (χ3v) is 2.07. The Morgan fingerprint density at radius 1 is 1.50 bits per heavy atom. The zero-order valence-corrected chi connectivity index (χ0v) is 6.08. The first kappa shape index (κ1) is 7.69. The average molecular weight is 143 g/mol. The molecule has 0 spiro atoms. The van der Waals surface area contributed by atoms with Crippen molar-refractivity contribution >= 4 is 6.29 Å². The molecule has 0 amide bonds. The standard InChI is InChI=1S/C6H9NO.CH4O/c8-3-5-1-4-2-6(4)7-5;1-2/h3-7H,1-2H2;2H,1H3. The maximum Gasteiger partial charge on any atom is 0.136 e. The molecule has 1 aliphatic carbocycles. The second kappa shape index (κ2) is 3.12. The lowest BCUT2D eigenvalue weighted by atomic mass is 10.2. The third-order valence-electron chi connectivity index (χ3n) is 2.07. The number of rotatable bonds is 1. The SMILES string of the molecule is CO.O=CC1CC2CC2N1. The van der Waals surface area contributed by atoms with Gasteiger partial charge in [0.2, 0.25) is 0 Å². The summed E-state index contributed by atoms with van der Waals surface area (Å²) in [7, 11) is 1.00. The first-order chi connectivity index (χ1) is 4.90. The Kier molecular flexibility index (Phi) is 2.40. The minimum absolute atomic E-state index is 0.193. The molecule has 0 bridgehead atoms. The summed E-state index contributed by atoms with van der Waals surface area (Å²) in [6.07, 6.45) is 3.42. The van der Waals surface area contributed by atoms with E-state index >= 15 is 0 Å². The van der Waals surface area contributed by atoms with Crippen LogP contribution in [0.3, 0.4) is 0 Å². The van der Waals surface area contributed by atoms with Crippen LogP contribution in [0.15, 0.2) is 0 Å². The van der Waals surface area contributed by atoms with Gasteiger partial charge < -0.3 is 15.2 Å². The number of carbonyl (C=O) groups is 1. The van der Waals surface area contributed by atoms with Gasteiger partial charge in [0.05, 0.1) is 6.04 Å². The minimum Gasteiger partial charge on any atom is -0.400 e. The molecular formula is C7H13NO2. The molecule has 3 unspecified atom stereocenters. The van der Waals surface area contributed by atoms with Gasteiger partial charge in [0, 0.05) is 13.2 Å². The van der Waals surface area contributed by atoms with Crippen molar-refractivity contribution in [3.63, 3.8) is 0 Å². The van der Waals surface area contributed by atoms with Crippen LogP contribution in [-0.2, 0) is 4.79 Å². The summed E-state index contributed by atoms with van der Waals surface area (Å²) in [6.45, 7) is 0. The van der Waals surface area contributed by atoms with Gasteiger partial charge in [0.25, 0.3) is 0 Å². The molecule has 2 rings (SSSR count). The predicted molar refractivity (Wildman–Crippen MR) is 37.6 cm³/mol. The third kappa shape index (κ3) is 1.36. The van der Waals surface area contributed by atoms with Crippen molar-refractivity contribution in [3.05, 3.63) is 0 Å². The van der Waals surface area contributed by atoms with Gasteiger partial charge in [-0.2, -0.15) is 0 Å². The molecule has 1 heterocycles. The van der Waals surface area contributed by atoms with Crippen molar-refractivity contribution in [3.8, 4) is 0 Å². The fourth-order valence-electron chi connectivity index (χ4n) is 1.48. The van der Waals surface area contributed by atoms with Gasteiger partial charge in [-0.15, -0.1) is 0 Å². The molecule has 2 aliphatic rings. The monoisotopic (exact) mass is 143 g/mol. The van der Waals surface area contributed by atoms with Crippen LogP contribution in [0.5, 0.6) is 0 Å². The lowest BCUT2D eigenvalue weighted by Gasteiger charge is -2.00. The van der Waals surface area contributed by atoms with Crippen LogP contribution in [0.2, 0.25) is 0 Å². The topological polar surface area (TPSA) is 49.3 Å². The highest BCUT2D eigenvalue weighted by atomic mass is 16.2. The van der Waals surface area contributed by atoms with Crippen LogP contribution in [0, 0.1) is 5.92 Å². The normalized spacial score (nSPS) is 41.2. The number of aldehydes is 1. The number of carbonyl (C=O) groups excluding carboxylic acids is 1. The van der Waals surface area contributed by atoms with E-state index < -0.39 is 0 Å².